The molecule has 1 heterocycles. The number of nitrogens with zero attached hydrogens (tertiary/aromatic N) is 4. The van der Waals surface area contributed by atoms with Gasteiger partial charge in [-0.2, -0.15) is 0 Å². The number of tetrazole rings is 1. The van der Waals surface area contributed by atoms with E-state index in [9.17, 15) is 4.79 Å². The molecule has 1 N–H and O–H groups in total. The number of carboxylic acids is 1. The molecule has 0 aliphatic carbocycles. The summed E-state index contributed by atoms with van der Waals surface area (Å²) in [5.74, 6) is -0.955. The van der Waals surface area contributed by atoms with Gasteiger partial charge in [0.05, 0.1) is 0 Å². The maximum absolute atomic E-state index is 10.7. The number of carboxylic acid groups (broad SMARTS) is 1. The fourth-order valence-electron chi connectivity index (χ4n) is 1.000. The molecule has 0 spiro atoms. The van der Waals surface area contributed by atoms with E-state index in [4.69, 9.17) is 5.11 Å². The summed E-state index contributed by atoms with van der Waals surface area (Å²) in [4.78, 5) is 10.7. The van der Waals surface area contributed by atoms with Gasteiger partial charge in [-0.3, -0.25) is 0 Å². The molecule has 1 atom stereocenters. The minimum Gasteiger partial charge on any atom is -0.480 e. The second-order valence-electron chi connectivity index (χ2n) is 2.82. The van der Waals surface area contributed by atoms with Crippen molar-refractivity contribution in [1.82, 2.24) is 20.2 Å². The minimum absolute atomic E-state index is 0.0361. The van der Waals surface area contributed by atoms with Gasteiger partial charge in [0.1, 0.15) is 6.33 Å². The van der Waals surface area contributed by atoms with Gasteiger partial charge < -0.3 is 5.11 Å². The Kier molecular flexibility index (Phi) is 2.37. The highest BCUT2D eigenvalue weighted by Crippen LogP contribution is 2.14. The first-order valence-electron chi connectivity index (χ1n) is 3.58. The third-order valence-corrected chi connectivity index (χ3v) is 1.53. The van der Waals surface area contributed by atoms with Crippen molar-refractivity contribution in [2.45, 2.75) is 19.9 Å². The molecule has 1 rings (SSSR count). The third-order valence-electron chi connectivity index (χ3n) is 1.53. The predicted molar refractivity (Wildman–Crippen MR) is 39.3 cm³/mol. The lowest BCUT2D eigenvalue weighted by Crippen LogP contribution is -2.24. The zero-order valence-electron chi connectivity index (χ0n) is 6.88. The summed E-state index contributed by atoms with van der Waals surface area (Å²) in [5.41, 5.74) is 0. The maximum atomic E-state index is 10.7. The highest BCUT2D eigenvalue weighted by atomic mass is 16.4. The van der Waals surface area contributed by atoms with Crippen LogP contribution in [0, 0.1) is 5.92 Å². The highest BCUT2D eigenvalue weighted by Gasteiger charge is 2.24. The Morgan fingerprint density at radius 1 is 1.58 bits per heavy atom. The third kappa shape index (κ3) is 1.58. The Bertz CT molecular complexity index is 257. The largest absolute Gasteiger partial charge is 0.480 e. The highest BCUT2D eigenvalue weighted by molar-refractivity contribution is 5.71. The van der Waals surface area contributed by atoms with Crippen LogP contribution in [0.15, 0.2) is 6.33 Å². The second kappa shape index (κ2) is 3.29. The molecule has 0 saturated heterocycles. The van der Waals surface area contributed by atoms with E-state index in [2.05, 4.69) is 15.5 Å². The molecule has 0 radical (unpaired) electrons. The Morgan fingerprint density at radius 2 is 2.25 bits per heavy atom. The zero-order valence-corrected chi connectivity index (χ0v) is 6.88. The van der Waals surface area contributed by atoms with E-state index >= 15 is 0 Å². The number of aromatic nitrogens is 4. The SMILES string of the molecule is CC(C)[C@@H](C(=O)O)n1cnnn1. The molecule has 66 valence electrons. The molecule has 6 heteroatoms. The van der Waals surface area contributed by atoms with Crippen LogP contribution in [0.3, 0.4) is 0 Å². The van der Waals surface area contributed by atoms with Crippen LogP contribution in [0.25, 0.3) is 0 Å². The van der Waals surface area contributed by atoms with Gasteiger partial charge in [0.15, 0.2) is 6.04 Å². The second-order valence-corrected chi connectivity index (χ2v) is 2.82. The molecule has 6 nitrogen and oxygen atoms in total. The zero-order chi connectivity index (χ0) is 9.14. The normalized spacial score (nSPS) is 13.2. The van der Waals surface area contributed by atoms with Crippen LogP contribution in [-0.2, 0) is 4.79 Å². The fraction of sp³-hybridized carbons (Fsp3) is 0.667. The average Bonchev–Trinajstić information content (AvgIpc) is 2.37. The molecule has 0 fully saturated rings. The van der Waals surface area contributed by atoms with Crippen molar-refractivity contribution in [2.75, 3.05) is 0 Å². The topological polar surface area (TPSA) is 80.9 Å². The molecule has 0 amide bonds. The van der Waals surface area contributed by atoms with Gasteiger partial charge in [0, 0.05) is 0 Å². The summed E-state index contributed by atoms with van der Waals surface area (Å²) in [7, 11) is 0. The number of hydrogen-bond acceptors (Lipinski definition) is 4. The Balaban J connectivity index is 2.88. The first-order chi connectivity index (χ1) is 5.63. The van der Waals surface area contributed by atoms with E-state index in [0.29, 0.717) is 0 Å². The number of carbonyl (C=O) groups is 1. The van der Waals surface area contributed by atoms with Crippen LogP contribution in [0.2, 0.25) is 0 Å². The molecule has 0 bridgehead atoms. The van der Waals surface area contributed by atoms with Crippen molar-refractivity contribution in [2.24, 2.45) is 5.92 Å². The Labute approximate surface area is 69.2 Å². The minimum atomic E-state index is -0.919. The summed E-state index contributed by atoms with van der Waals surface area (Å²) >= 11 is 0. The van der Waals surface area contributed by atoms with Crippen LogP contribution in [0.1, 0.15) is 19.9 Å². The van der Waals surface area contributed by atoms with Crippen molar-refractivity contribution in [3.63, 3.8) is 0 Å². The number of aliphatic carboxylic acids is 1. The van der Waals surface area contributed by atoms with Crippen molar-refractivity contribution in [3.8, 4) is 0 Å². The standard InChI is InChI=1S/C6H10N4O2/c1-4(2)5(6(11)12)10-3-7-8-9-10/h3-5H,1-2H3,(H,11,12)/t5-/m0/s1. The fourth-order valence-corrected chi connectivity index (χ4v) is 1.000. The van der Waals surface area contributed by atoms with Crippen molar-refractivity contribution in [1.29, 1.82) is 0 Å². The van der Waals surface area contributed by atoms with E-state index in [-0.39, 0.29) is 5.92 Å². The van der Waals surface area contributed by atoms with Crippen molar-refractivity contribution in [3.05, 3.63) is 6.33 Å². The smallest absolute Gasteiger partial charge is 0.328 e. The van der Waals surface area contributed by atoms with Gasteiger partial charge >= 0.3 is 5.97 Å². The van der Waals surface area contributed by atoms with Crippen molar-refractivity contribution >= 4 is 5.97 Å². The summed E-state index contributed by atoms with van der Waals surface area (Å²) in [6.45, 7) is 3.61. The van der Waals surface area contributed by atoms with E-state index in [0.717, 1.165) is 0 Å². The Morgan fingerprint density at radius 3 is 2.58 bits per heavy atom. The van der Waals surface area contributed by atoms with Crippen LogP contribution in [0.5, 0.6) is 0 Å². The lowest BCUT2D eigenvalue weighted by molar-refractivity contribution is -0.142. The maximum Gasteiger partial charge on any atom is 0.328 e. The molecule has 12 heavy (non-hydrogen) atoms. The van der Waals surface area contributed by atoms with Crippen LogP contribution >= 0.6 is 0 Å². The molecule has 0 aliphatic heterocycles. The van der Waals surface area contributed by atoms with E-state index in [1.807, 2.05) is 0 Å². The van der Waals surface area contributed by atoms with Crippen molar-refractivity contribution < 1.29 is 9.90 Å². The molecule has 0 aromatic carbocycles. The van der Waals surface area contributed by atoms with Gasteiger partial charge in [-0.25, -0.2) is 9.48 Å². The van der Waals surface area contributed by atoms with Crippen LogP contribution in [-0.4, -0.2) is 31.3 Å². The quantitative estimate of drug-likeness (QED) is 0.688. The Hall–Kier alpha value is -1.46. The van der Waals surface area contributed by atoms with E-state index in [1.54, 1.807) is 13.8 Å². The van der Waals surface area contributed by atoms with Gasteiger partial charge in [-0.05, 0) is 16.3 Å². The summed E-state index contributed by atoms with van der Waals surface area (Å²) < 4.78 is 1.24. The molecular weight excluding hydrogens is 160 g/mol. The van der Waals surface area contributed by atoms with Crippen LogP contribution in [0.4, 0.5) is 0 Å². The van der Waals surface area contributed by atoms with Gasteiger partial charge in [-0.1, -0.05) is 13.8 Å². The van der Waals surface area contributed by atoms with E-state index in [1.165, 1.54) is 11.0 Å². The first-order valence-corrected chi connectivity index (χ1v) is 3.58. The average molecular weight is 170 g/mol. The number of rotatable bonds is 3. The van der Waals surface area contributed by atoms with Gasteiger partial charge in [0.2, 0.25) is 0 Å². The summed E-state index contributed by atoms with van der Waals surface area (Å²) in [6.07, 6.45) is 1.30. The van der Waals surface area contributed by atoms with E-state index < -0.39 is 12.0 Å². The van der Waals surface area contributed by atoms with Gasteiger partial charge in [0.25, 0.3) is 0 Å². The van der Waals surface area contributed by atoms with Gasteiger partial charge in [-0.15, -0.1) is 5.10 Å². The summed E-state index contributed by atoms with van der Waals surface area (Å²) in [5, 5.41) is 19.1. The molecular formula is C6H10N4O2. The monoisotopic (exact) mass is 170 g/mol. The predicted octanol–water partition coefficient (Wildman–Crippen LogP) is -0.0452. The number of hydrogen-bond donors (Lipinski definition) is 1. The first kappa shape index (κ1) is 8.63. The molecule has 0 unspecified atom stereocenters. The lowest BCUT2D eigenvalue weighted by atomic mass is 10.1. The van der Waals surface area contributed by atoms with Crippen LogP contribution < -0.4 is 0 Å². The lowest BCUT2D eigenvalue weighted by Gasteiger charge is -2.14. The molecule has 0 aliphatic rings. The molecule has 1 aromatic rings. The molecule has 0 saturated carbocycles. The summed E-state index contributed by atoms with van der Waals surface area (Å²) in [6, 6.07) is -0.681. The molecule has 1 aromatic heterocycles.